The van der Waals surface area contributed by atoms with Crippen LogP contribution >= 0.6 is 0 Å². The quantitative estimate of drug-likeness (QED) is 0.389. The molecule has 0 atom stereocenters. The maximum atomic E-state index is 12.6. The molecule has 0 saturated heterocycles. The fourth-order valence-corrected chi connectivity index (χ4v) is 5.03. The third kappa shape index (κ3) is 2.09. The minimum absolute atomic E-state index is 0.0760. The Morgan fingerprint density at radius 3 is 1.63 bits per heavy atom. The van der Waals surface area contributed by atoms with Gasteiger partial charge < -0.3 is 5.73 Å². The van der Waals surface area contributed by atoms with Crippen LogP contribution in [0, 0.1) is 5.41 Å². The molecule has 0 heterocycles. The predicted octanol–water partition coefficient (Wildman–Crippen LogP) is 4.50. The van der Waals surface area contributed by atoms with Crippen LogP contribution in [0.5, 0.6) is 0 Å². The summed E-state index contributed by atoms with van der Waals surface area (Å²) in [5.41, 5.74) is 10.7. The van der Waals surface area contributed by atoms with Crippen molar-refractivity contribution in [2.24, 2.45) is 5.73 Å². The number of hydrogen-bond donors (Lipinski definition) is 2. The van der Waals surface area contributed by atoms with Crippen LogP contribution in [-0.4, -0.2) is 17.5 Å². The van der Waals surface area contributed by atoms with E-state index in [1.54, 1.807) is 4.90 Å². The highest BCUT2D eigenvalue weighted by Crippen LogP contribution is 2.43. The highest BCUT2D eigenvalue weighted by atomic mass is 16.1. The molecule has 0 spiro atoms. The van der Waals surface area contributed by atoms with Gasteiger partial charge in [-0.05, 0) is 44.8 Å². The molecule has 0 unspecified atom stereocenters. The molecule has 4 aromatic rings. The molecular weight excluding hydrogens is 374 g/mol. The van der Waals surface area contributed by atoms with E-state index in [1.807, 2.05) is 60.7 Å². The molecule has 0 fully saturated rings. The molecule has 5 heteroatoms. The number of nitrogens with one attached hydrogen (secondary N) is 1. The molecule has 6 rings (SSSR count). The minimum atomic E-state index is -0.144. The van der Waals surface area contributed by atoms with E-state index in [2.05, 4.69) is 0 Å². The van der Waals surface area contributed by atoms with Crippen molar-refractivity contribution < 1.29 is 9.59 Å². The van der Waals surface area contributed by atoms with E-state index in [0.29, 0.717) is 11.1 Å². The minimum Gasteiger partial charge on any atom is -0.369 e. The Morgan fingerprint density at radius 1 is 0.733 bits per heavy atom. The lowest BCUT2D eigenvalue weighted by Crippen LogP contribution is -2.33. The van der Waals surface area contributed by atoms with E-state index in [1.165, 1.54) is 0 Å². The zero-order chi connectivity index (χ0) is 20.6. The Balaban J connectivity index is 1.64. The van der Waals surface area contributed by atoms with Crippen LogP contribution < -0.4 is 10.6 Å². The number of carbonyl (C=O) groups is 2. The van der Waals surface area contributed by atoms with Crippen LogP contribution in [-0.2, 0) is 12.8 Å². The van der Waals surface area contributed by atoms with Crippen molar-refractivity contribution in [2.75, 3.05) is 4.90 Å². The normalized spacial score (nSPS) is 14.1. The molecule has 144 valence electrons. The second-order valence-electron chi connectivity index (χ2n) is 7.85. The monoisotopic (exact) mass is 391 g/mol. The Labute approximate surface area is 172 Å². The topological polar surface area (TPSA) is 87.2 Å². The third-order valence-corrected chi connectivity index (χ3v) is 6.26. The molecule has 3 N–H and O–H groups in total. The summed E-state index contributed by atoms with van der Waals surface area (Å²) in [6.07, 6.45) is 0.561. The number of hydrogen-bond acceptors (Lipinski definition) is 3. The van der Waals surface area contributed by atoms with Crippen LogP contribution in [0.15, 0.2) is 60.7 Å². The van der Waals surface area contributed by atoms with Crippen molar-refractivity contribution in [3.8, 4) is 0 Å². The number of carbonyl (C=O) groups excluding carboxylic acids is 2. The van der Waals surface area contributed by atoms with Gasteiger partial charge in [0.15, 0.2) is 17.5 Å². The smallest absolute Gasteiger partial charge is 0.197 e. The van der Waals surface area contributed by atoms with Gasteiger partial charge in [-0.15, -0.1) is 0 Å². The van der Waals surface area contributed by atoms with Gasteiger partial charge in [0.05, 0.1) is 11.4 Å². The maximum Gasteiger partial charge on any atom is 0.197 e. The Hall–Kier alpha value is -3.99. The largest absolute Gasteiger partial charge is 0.369 e. The lowest BCUT2D eigenvalue weighted by atomic mass is 10.00. The molecule has 0 aromatic heterocycles. The number of benzene rings is 4. The van der Waals surface area contributed by atoms with Crippen molar-refractivity contribution in [3.63, 3.8) is 0 Å². The van der Waals surface area contributed by atoms with Crippen LogP contribution in [0.2, 0.25) is 0 Å². The van der Waals surface area contributed by atoms with Crippen molar-refractivity contribution in [1.29, 1.82) is 5.41 Å². The van der Waals surface area contributed by atoms with Gasteiger partial charge in [-0.3, -0.25) is 19.9 Å². The Bertz CT molecular complexity index is 1360. The van der Waals surface area contributed by atoms with Gasteiger partial charge in [-0.1, -0.05) is 48.5 Å². The van der Waals surface area contributed by atoms with E-state index in [9.17, 15) is 9.59 Å². The number of ketones is 2. The summed E-state index contributed by atoms with van der Waals surface area (Å²) in [6, 6.07) is 19.2. The molecule has 0 radical (unpaired) electrons. The number of nitrogens with zero attached hydrogens (tertiary/aromatic N) is 1. The highest BCUT2D eigenvalue weighted by Gasteiger charge is 2.31. The zero-order valence-electron chi connectivity index (χ0n) is 16.0. The van der Waals surface area contributed by atoms with E-state index >= 15 is 0 Å². The molecule has 2 aliphatic carbocycles. The Morgan fingerprint density at radius 2 is 1.20 bits per heavy atom. The molecule has 30 heavy (non-hydrogen) atoms. The molecule has 2 aliphatic rings. The number of rotatable bonds is 2. The average Bonchev–Trinajstić information content (AvgIpc) is 3.26. The first-order chi connectivity index (χ1) is 14.5. The summed E-state index contributed by atoms with van der Waals surface area (Å²) in [7, 11) is 0. The van der Waals surface area contributed by atoms with Crippen LogP contribution in [0.4, 0.5) is 11.4 Å². The molecular formula is C25H17N3O2. The second kappa shape index (κ2) is 5.76. The van der Waals surface area contributed by atoms with E-state index in [4.69, 9.17) is 11.1 Å². The van der Waals surface area contributed by atoms with Crippen LogP contribution in [0.3, 0.4) is 0 Å². The number of Topliss-reactive ketones (excluding diaryl/α,β-unsaturated/α-hetero) is 2. The summed E-state index contributed by atoms with van der Waals surface area (Å²) < 4.78 is 0. The number of guanidine groups is 1. The molecule has 0 aliphatic heterocycles. The summed E-state index contributed by atoms with van der Waals surface area (Å²) >= 11 is 0. The van der Waals surface area contributed by atoms with Crippen LogP contribution in [0.1, 0.15) is 31.8 Å². The number of anilines is 2. The van der Waals surface area contributed by atoms with Gasteiger partial charge in [0, 0.05) is 24.0 Å². The first-order valence-electron chi connectivity index (χ1n) is 9.84. The van der Waals surface area contributed by atoms with Crippen molar-refractivity contribution in [1.82, 2.24) is 0 Å². The van der Waals surface area contributed by atoms with Gasteiger partial charge in [0.1, 0.15) is 0 Å². The first-order valence-corrected chi connectivity index (χ1v) is 9.84. The fourth-order valence-electron chi connectivity index (χ4n) is 5.03. The van der Waals surface area contributed by atoms with Crippen molar-refractivity contribution in [2.45, 2.75) is 12.8 Å². The second-order valence-corrected chi connectivity index (χ2v) is 7.85. The summed E-state index contributed by atoms with van der Waals surface area (Å²) in [5, 5.41) is 12.2. The molecule has 4 aromatic carbocycles. The van der Waals surface area contributed by atoms with Gasteiger partial charge in [-0.2, -0.15) is 0 Å². The van der Waals surface area contributed by atoms with Crippen LogP contribution in [0.25, 0.3) is 21.5 Å². The molecule has 0 amide bonds. The molecule has 0 saturated carbocycles. The van der Waals surface area contributed by atoms with E-state index < -0.39 is 0 Å². The predicted molar refractivity (Wildman–Crippen MR) is 118 cm³/mol. The first kappa shape index (κ1) is 16.9. The van der Waals surface area contributed by atoms with Crippen molar-refractivity contribution >= 4 is 50.4 Å². The zero-order valence-corrected chi connectivity index (χ0v) is 16.0. The maximum absolute atomic E-state index is 12.6. The van der Waals surface area contributed by atoms with E-state index in [-0.39, 0.29) is 30.4 Å². The van der Waals surface area contributed by atoms with Crippen molar-refractivity contribution in [3.05, 3.63) is 82.9 Å². The van der Waals surface area contributed by atoms with Gasteiger partial charge in [-0.25, -0.2) is 0 Å². The average molecular weight is 391 g/mol. The highest BCUT2D eigenvalue weighted by molar-refractivity contribution is 6.21. The summed E-state index contributed by atoms with van der Waals surface area (Å²) in [4.78, 5) is 26.9. The van der Waals surface area contributed by atoms with E-state index in [0.717, 1.165) is 44.0 Å². The third-order valence-electron chi connectivity index (χ3n) is 6.26. The SMILES string of the molecule is N=C(N)N(c1ccc2cccc3c2c1CC3=O)c1ccc2cccc3c2c1CC3=O. The lowest BCUT2D eigenvalue weighted by molar-refractivity contribution is 0.0992. The fraction of sp³-hybridized carbons (Fsp3) is 0.0800. The number of nitrogens with two attached hydrogens (primary N) is 1. The molecule has 0 bridgehead atoms. The summed E-state index contributed by atoms with van der Waals surface area (Å²) in [5.74, 6) is 0.00833. The molecule has 5 nitrogen and oxygen atoms in total. The van der Waals surface area contributed by atoms with Gasteiger partial charge >= 0.3 is 0 Å². The Kier molecular flexibility index (Phi) is 3.25. The standard InChI is InChI=1S/C25H17N3O2/c26-25(27)28(19-9-7-13-3-1-5-15-21(29)11-17(19)23(13)15)20-10-8-14-4-2-6-16-22(30)12-18(20)24(14)16/h1-10H,11-12H2,(H3,26,27). The summed E-state index contributed by atoms with van der Waals surface area (Å²) in [6.45, 7) is 0. The van der Waals surface area contributed by atoms with Gasteiger partial charge in [0.25, 0.3) is 0 Å². The van der Waals surface area contributed by atoms with Gasteiger partial charge in [0.2, 0.25) is 0 Å². The lowest BCUT2D eigenvalue weighted by Gasteiger charge is -2.27.